The van der Waals surface area contributed by atoms with Crippen LogP contribution in [-0.2, 0) is 20.7 Å². The van der Waals surface area contributed by atoms with Gasteiger partial charge in [0.05, 0.1) is 7.11 Å². The first-order chi connectivity index (χ1) is 10.8. The number of carbonyl (C=O) groups is 2. The summed E-state index contributed by atoms with van der Waals surface area (Å²) in [4.78, 5) is 22.4. The minimum atomic E-state index is -3.16. The van der Waals surface area contributed by atoms with E-state index in [9.17, 15) is 18.4 Å². The monoisotopic (exact) mass is 327 g/mol. The smallest absolute Gasteiger partial charge is 0.311 e. The summed E-state index contributed by atoms with van der Waals surface area (Å²) in [5, 5.41) is 2.45. The normalized spacial score (nSPS) is 11.1. The molecule has 0 saturated carbocycles. The van der Waals surface area contributed by atoms with Crippen molar-refractivity contribution in [1.82, 2.24) is 5.32 Å². The Morgan fingerprint density at radius 3 is 2.48 bits per heavy atom. The lowest BCUT2D eigenvalue weighted by molar-refractivity contribution is -0.148. The van der Waals surface area contributed by atoms with Crippen molar-refractivity contribution in [2.24, 2.45) is 0 Å². The number of esters is 1. The number of ether oxygens (including phenoxy) is 1. The second kappa shape index (κ2) is 9.22. The molecule has 1 aromatic carbocycles. The van der Waals surface area contributed by atoms with Crippen molar-refractivity contribution < 1.29 is 23.1 Å². The number of hydrogen-bond acceptors (Lipinski definition) is 3. The van der Waals surface area contributed by atoms with E-state index in [2.05, 4.69) is 10.1 Å². The predicted octanol–water partition coefficient (Wildman–Crippen LogP) is 3.02. The Morgan fingerprint density at radius 1 is 1.22 bits per heavy atom. The van der Waals surface area contributed by atoms with Crippen LogP contribution in [0.2, 0.25) is 0 Å². The number of halogens is 2. The highest BCUT2D eigenvalue weighted by atomic mass is 19.3. The van der Waals surface area contributed by atoms with Crippen LogP contribution in [0.15, 0.2) is 24.3 Å². The van der Waals surface area contributed by atoms with E-state index in [1.165, 1.54) is 5.56 Å². The van der Waals surface area contributed by atoms with Crippen molar-refractivity contribution in [3.05, 3.63) is 35.4 Å². The molecule has 0 aliphatic carbocycles. The van der Waals surface area contributed by atoms with Gasteiger partial charge in [-0.1, -0.05) is 29.8 Å². The Balaban J connectivity index is 2.19. The molecule has 0 aliphatic rings. The molecule has 0 radical (unpaired) electrons. The topological polar surface area (TPSA) is 55.4 Å². The van der Waals surface area contributed by atoms with Crippen molar-refractivity contribution in [3.8, 4) is 0 Å². The van der Waals surface area contributed by atoms with Crippen LogP contribution in [0.3, 0.4) is 0 Å². The Kier molecular flexibility index (Phi) is 7.65. The van der Waals surface area contributed by atoms with E-state index in [0.29, 0.717) is 6.42 Å². The summed E-state index contributed by atoms with van der Waals surface area (Å²) in [6.07, 6.45) is 0.175. The third-order valence-electron chi connectivity index (χ3n) is 3.43. The fourth-order valence-corrected chi connectivity index (χ4v) is 2.05. The zero-order chi connectivity index (χ0) is 17.3. The summed E-state index contributed by atoms with van der Waals surface area (Å²) >= 11 is 0. The number of alkyl halides is 2. The van der Waals surface area contributed by atoms with Gasteiger partial charge < -0.3 is 10.1 Å². The number of rotatable bonds is 9. The predicted molar refractivity (Wildman–Crippen MR) is 83.3 cm³/mol. The van der Waals surface area contributed by atoms with Gasteiger partial charge in [-0.05, 0) is 25.3 Å². The van der Waals surface area contributed by atoms with Crippen LogP contribution in [0.1, 0.15) is 36.8 Å². The third-order valence-corrected chi connectivity index (χ3v) is 3.43. The van der Waals surface area contributed by atoms with Crippen LogP contribution < -0.4 is 5.32 Å². The zero-order valence-corrected chi connectivity index (χ0v) is 13.5. The largest absolute Gasteiger partial charge is 0.469 e. The maximum absolute atomic E-state index is 13.4. The van der Waals surface area contributed by atoms with Crippen molar-refractivity contribution in [2.75, 3.05) is 13.7 Å². The number of benzene rings is 1. The molecule has 0 heterocycles. The number of hydrogen-bond donors (Lipinski definition) is 1. The summed E-state index contributed by atoms with van der Waals surface area (Å²) in [5.74, 6) is -4.38. The fraction of sp³-hybridized carbons (Fsp3) is 0.529. The maximum atomic E-state index is 13.4. The van der Waals surface area contributed by atoms with Gasteiger partial charge in [0.25, 0.3) is 5.92 Å². The van der Waals surface area contributed by atoms with Gasteiger partial charge in [0.15, 0.2) is 0 Å². The van der Waals surface area contributed by atoms with Crippen LogP contribution in [0.5, 0.6) is 0 Å². The van der Waals surface area contributed by atoms with Crippen LogP contribution in [0.25, 0.3) is 0 Å². The van der Waals surface area contributed by atoms with Crippen molar-refractivity contribution >= 4 is 11.9 Å². The number of methoxy groups -OCH3 is 1. The molecule has 0 fully saturated rings. The lowest BCUT2D eigenvalue weighted by Crippen LogP contribution is -2.31. The molecule has 1 aromatic rings. The SMILES string of the molecule is COC(=O)CC(F)(F)CCNC(=O)CCCc1ccc(C)cc1. The molecule has 6 heteroatoms. The molecule has 0 spiro atoms. The van der Waals surface area contributed by atoms with Gasteiger partial charge in [0.2, 0.25) is 5.91 Å². The van der Waals surface area contributed by atoms with E-state index >= 15 is 0 Å². The van der Waals surface area contributed by atoms with E-state index in [-0.39, 0.29) is 18.9 Å². The van der Waals surface area contributed by atoms with Crippen LogP contribution >= 0.6 is 0 Å². The van der Waals surface area contributed by atoms with Crippen LogP contribution in [-0.4, -0.2) is 31.5 Å². The molecular formula is C17H23F2NO3. The summed E-state index contributed by atoms with van der Waals surface area (Å²) < 4.78 is 30.9. The van der Waals surface area contributed by atoms with E-state index < -0.39 is 24.7 Å². The van der Waals surface area contributed by atoms with Crippen molar-refractivity contribution in [2.45, 2.75) is 45.0 Å². The lowest BCUT2D eigenvalue weighted by Gasteiger charge is -2.15. The Hall–Kier alpha value is -1.98. The van der Waals surface area contributed by atoms with E-state index in [1.807, 2.05) is 31.2 Å². The molecule has 0 aliphatic heterocycles. The molecule has 0 aromatic heterocycles. The van der Waals surface area contributed by atoms with Gasteiger partial charge >= 0.3 is 5.97 Å². The van der Waals surface area contributed by atoms with Gasteiger partial charge in [-0.2, -0.15) is 0 Å². The molecule has 1 rings (SSSR count). The molecular weight excluding hydrogens is 304 g/mol. The average molecular weight is 327 g/mol. The van der Waals surface area contributed by atoms with Crippen molar-refractivity contribution in [3.63, 3.8) is 0 Å². The maximum Gasteiger partial charge on any atom is 0.311 e. The summed E-state index contributed by atoms with van der Waals surface area (Å²) in [6.45, 7) is 1.85. The minimum absolute atomic E-state index is 0.159. The lowest BCUT2D eigenvalue weighted by atomic mass is 10.1. The van der Waals surface area contributed by atoms with Gasteiger partial charge in [-0.25, -0.2) is 8.78 Å². The third kappa shape index (κ3) is 8.28. The van der Waals surface area contributed by atoms with Crippen LogP contribution in [0, 0.1) is 6.92 Å². The minimum Gasteiger partial charge on any atom is -0.469 e. The van der Waals surface area contributed by atoms with Crippen LogP contribution in [0.4, 0.5) is 8.78 Å². The summed E-state index contributed by atoms with van der Waals surface area (Å²) in [6, 6.07) is 8.05. The van der Waals surface area contributed by atoms with Gasteiger partial charge in [-0.3, -0.25) is 9.59 Å². The average Bonchev–Trinajstić information content (AvgIpc) is 2.48. The van der Waals surface area contributed by atoms with Gasteiger partial charge in [0, 0.05) is 19.4 Å². The molecule has 1 N–H and O–H groups in total. The first kappa shape index (κ1) is 19.1. The second-order valence-corrected chi connectivity index (χ2v) is 5.55. The van der Waals surface area contributed by atoms with E-state index in [1.54, 1.807) is 0 Å². The summed E-state index contributed by atoms with van der Waals surface area (Å²) in [7, 11) is 1.06. The highest BCUT2D eigenvalue weighted by Crippen LogP contribution is 2.22. The molecule has 4 nitrogen and oxygen atoms in total. The Labute approximate surface area is 135 Å². The number of carbonyl (C=O) groups excluding carboxylic acids is 2. The molecule has 0 saturated heterocycles. The summed E-state index contributed by atoms with van der Waals surface area (Å²) in [5.41, 5.74) is 2.33. The molecule has 0 atom stereocenters. The van der Waals surface area contributed by atoms with Crippen molar-refractivity contribution in [1.29, 1.82) is 0 Å². The van der Waals surface area contributed by atoms with Gasteiger partial charge in [0.1, 0.15) is 6.42 Å². The number of aryl methyl sites for hydroxylation is 2. The molecule has 0 bridgehead atoms. The quantitative estimate of drug-likeness (QED) is 0.709. The standard InChI is InChI=1S/C17H23F2NO3/c1-13-6-8-14(9-7-13)4-3-5-15(21)20-11-10-17(18,19)12-16(22)23-2/h6-9H,3-5,10-12H2,1-2H3,(H,20,21). The highest BCUT2D eigenvalue weighted by molar-refractivity contribution is 5.75. The zero-order valence-electron chi connectivity index (χ0n) is 13.5. The molecule has 0 unspecified atom stereocenters. The van der Waals surface area contributed by atoms with E-state index in [4.69, 9.17) is 0 Å². The Bertz CT molecular complexity index is 515. The van der Waals surface area contributed by atoms with Gasteiger partial charge in [-0.15, -0.1) is 0 Å². The highest BCUT2D eigenvalue weighted by Gasteiger charge is 2.32. The Morgan fingerprint density at radius 2 is 1.87 bits per heavy atom. The molecule has 128 valence electrons. The first-order valence-corrected chi connectivity index (χ1v) is 7.59. The fourth-order valence-electron chi connectivity index (χ4n) is 2.05. The molecule has 1 amide bonds. The number of amides is 1. The number of nitrogens with one attached hydrogen (secondary N) is 1. The second-order valence-electron chi connectivity index (χ2n) is 5.55. The first-order valence-electron chi connectivity index (χ1n) is 7.59. The molecule has 23 heavy (non-hydrogen) atoms. The van der Waals surface area contributed by atoms with E-state index in [0.717, 1.165) is 19.1 Å².